The van der Waals surface area contributed by atoms with Crippen LogP contribution in [0, 0.1) is 5.92 Å². The van der Waals surface area contributed by atoms with E-state index >= 15 is 0 Å². The van der Waals surface area contributed by atoms with Gasteiger partial charge < -0.3 is 15.5 Å². The number of hydrogen-bond acceptors (Lipinski definition) is 3. The molecule has 0 bridgehead atoms. The maximum atomic E-state index is 11.9. The van der Waals surface area contributed by atoms with Gasteiger partial charge in [-0.2, -0.15) is 0 Å². The fraction of sp³-hybridized carbons (Fsp3) is 0.867. The smallest absolute Gasteiger partial charge is 0.224 e. The highest BCUT2D eigenvalue weighted by atomic mass is 16.2. The Morgan fingerprint density at radius 1 is 1.40 bits per heavy atom. The summed E-state index contributed by atoms with van der Waals surface area (Å²) in [5.41, 5.74) is 0. The number of hydrogen-bond donors (Lipinski definition) is 2. The molecule has 2 unspecified atom stereocenters. The number of carbonyl (C=O) groups is 2. The van der Waals surface area contributed by atoms with Crippen molar-refractivity contribution < 1.29 is 9.59 Å². The second kappa shape index (κ2) is 7.62. The Bertz CT molecular complexity index is 336. The van der Waals surface area contributed by atoms with Crippen molar-refractivity contribution in [3.63, 3.8) is 0 Å². The average molecular weight is 281 g/mol. The first-order chi connectivity index (χ1) is 9.66. The van der Waals surface area contributed by atoms with Gasteiger partial charge in [-0.15, -0.1) is 0 Å². The van der Waals surface area contributed by atoms with Crippen molar-refractivity contribution in [2.75, 3.05) is 26.2 Å². The lowest BCUT2D eigenvalue weighted by atomic mass is 9.98. The lowest BCUT2D eigenvalue weighted by Gasteiger charge is -2.33. The van der Waals surface area contributed by atoms with Crippen LogP contribution in [0.5, 0.6) is 0 Å². The summed E-state index contributed by atoms with van der Waals surface area (Å²) in [6.07, 6.45) is 6.12. The van der Waals surface area contributed by atoms with Crippen molar-refractivity contribution in [3.8, 4) is 0 Å². The summed E-state index contributed by atoms with van der Waals surface area (Å²) in [6.45, 7) is 5.80. The highest BCUT2D eigenvalue weighted by Crippen LogP contribution is 2.16. The van der Waals surface area contributed by atoms with Crippen molar-refractivity contribution in [2.24, 2.45) is 5.92 Å². The lowest BCUT2D eigenvalue weighted by Crippen LogP contribution is -2.44. The van der Waals surface area contributed by atoms with Crippen LogP contribution in [-0.2, 0) is 9.59 Å². The predicted molar refractivity (Wildman–Crippen MR) is 78.2 cm³/mol. The zero-order chi connectivity index (χ0) is 14.4. The van der Waals surface area contributed by atoms with Crippen molar-refractivity contribution >= 4 is 11.8 Å². The van der Waals surface area contributed by atoms with Crippen LogP contribution in [0.1, 0.15) is 45.4 Å². The molecule has 2 saturated heterocycles. The summed E-state index contributed by atoms with van der Waals surface area (Å²) in [4.78, 5) is 25.5. The van der Waals surface area contributed by atoms with Gasteiger partial charge in [0.1, 0.15) is 0 Å². The van der Waals surface area contributed by atoms with Gasteiger partial charge in [-0.1, -0.05) is 6.42 Å². The normalized spacial score (nSPS) is 27.9. The number of piperidine rings is 2. The minimum Gasteiger partial charge on any atom is -0.356 e. The van der Waals surface area contributed by atoms with Gasteiger partial charge >= 0.3 is 0 Å². The number of nitrogens with one attached hydrogen (secondary N) is 2. The van der Waals surface area contributed by atoms with Gasteiger partial charge in [0.15, 0.2) is 0 Å². The SMILES string of the molecule is CC1CCCCN1CCCNC(=O)C1CCC(=O)NC1. The van der Waals surface area contributed by atoms with Crippen LogP contribution >= 0.6 is 0 Å². The third-order valence-electron chi connectivity index (χ3n) is 4.50. The molecule has 2 aliphatic rings. The Kier molecular flexibility index (Phi) is 5.83. The fourth-order valence-electron chi connectivity index (χ4n) is 3.08. The molecule has 0 radical (unpaired) electrons. The van der Waals surface area contributed by atoms with Gasteiger partial charge in [-0.05, 0) is 39.2 Å². The summed E-state index contributed by atoms with van der Waals surface area (Å²) in [6, 6.07) is 0.688. The Balaban J connectivity index is 1.58. The van der Waals surface area contributed by atoms with E-state index in [1.807, 2.05) is 0 Å². The molecule has 0 aliphatic carbocycles. The van der Waals surface area contributed by atoms with Gasteiger partial charge in [0.2, 0.25) is 11.8 Å². The molecular formula is C15H27N3O2. The number of likely N-dealkylation sites (tertiary alicyclic amines) is 1. The molecule has 2 rings (SSSR count). The largest absolute Gasteiger partial charge is 0.356 e. The van der Waals surface area contributed by atoms with E-state index in [1.165, 1.54) is 25.8 Å². The molecule has 5 nitrogen and oxygen atoms in total. The minimum atomic E-state index is -0.0402. The highest BCUT2D eigenvalue weighted by Gasteiger charge is 2.24. The van der Waals surface area contributed by atoms with E-state index in [9.17, 15) is 9.59 Å². The molecule has 0 spiro atoms. The Labute approximate surface area is 121 Å². The molecule has 0 aromatic rings. The number of amides is 2. The molecule has 0 aromatic carbocycles. The van der Waals surface area contributed by atoms with Crippen LogP contribution in [0.4, 0.5) is 0 Å². The van der Waals surface area contributed by atoms with Crippen LogP contribution < -0.4 is 10.6 Å². The van der Waals surface area contributed by atoms with Crippen LogP contribution in [0.2, 0.25) is 0 Å². The van der Waals surface area contributed by atoms with Crippen molar-refractivity contribution in [1.29, 1.82) is 0 Å². The molecule has 2 atom stereocenters. The van der Waals surface area contributed by atoms with Crippen molar-refractivity contribution in [3.05, 3.63) is 0 Å². The summed E-state index contributed by atoms with van der Waals surface area (Å²) < 4.78 is 0. The van der Waals surface area contributed by atoms with Crippen molar-refractivity contribution in [1.82, 2.24) is 15.5 Å². The third-order valence-corrected chi connectivity index (χ3v) is 4.50. The first-order valence-corrected chi connectivity index (χ1v) is 7.95. The topological polar surface area (TPSA) is 61.4 Å². The maximum absolute atomic E-state index is 11.9. The quantitative estimate of drug-likeness (QED) is 0.736. The molecule has 0 saturated carbocycles. The van der Waals surface area contributed by atoms with E-state index in [2.05, 4.69) is 22.5 Å². The van der Waals surface area contributed by atoms with E-state index in [0.717, 1.165) is 19.5 Å². The second-order valence-corrected chi connectivity index (χ2v) is 6.07. The van der Waals surface area contributed by atoms with Crippen LogP contribution in [0.3, 0.4) is 0 Å². The monoisotopic (exact) mass is 281 g/mol. The highest BCUT2D eigenvalue weighted by molar-refractivity contribution is 5.83. The zero-order valence-electron chi connectivity index (χ0n) is 12.5. The Morgan fingerprint density at radius 2 is 2.25 bits per heavy atom. The molecule has 2 heterocycles. The standard InChI is InChI=1S/C15H27N3O2/c1-12-5-2-3-9-18(12)10-4-8-16-15(20)13-6-7-14(19)17-11-13/h12-13H,2-11H2,1H3,(H,16,20)(H,17,19). The summed E-state index contributed by atoms with van der Waals surface area (Å²) in [5.74, 6) is 0.117. The van der Waals surface area contributed by atoms with E-state index in [4.69, 9.17) is 0 Å². The summed E-state index contributed by atoms with van der Waals surface area (Å²) in [5, 5.41) is 5.76. The maximum Gasteiger partial charge on any atom is 0.224 e. The van der Waals surface area contributed by atoms with E-state index in [0.29, 0.717) is 25.4 Å². The molecule has 0 aromatic heterocycles. The van der Waals surface area contributed by atoms with E-state index < -0.39 is 0 Å². The molecule has 2 N–H and O–H groups in total. The van der Waals surface area contributed by atoms with E-state index in [-0.39, 0.29) is 17.7 Å². The van der Waals surface area contributed by atoms with E-state index in [1.54, 1.807) is 0 Å². The summed E-state index contributed by atoms with van der Waals surface area (Å²) in [7, 11) is 0. The predicted octanol–water partition coefficient (Wildman–Crippen LogP) is 0.893. The van der Waals surface area contributed by atoms with Crippen LogP contribution in [0.15, 0.2) is 0 Å². The number of rotatable bonds is 5. The lowest BCUT2D eigenvalue weighted by molar-refractivity contribution is -0.128. The molecule has 20 heavy (non-hydrogen) atoms. The molecule has 114 valence electrons. The van der Waals surface area contributed by atoms with Gasteiger partial charge in [-0.25, -0.2) is 0 Å². The molecule has 2 aliphatic heterocycles. The van der Waals surface area contributed by atoms with Gasteiger partial charge in [0.05, 0.1) is 5.92 Å². The zero-order valence-corrected chi connectivity index (χ0v) is 12.5. The number of nitrogens with zero attached hydrogens (tertiary/aromatic N) is 1. The fourth-order valence-corrected chi connectivity index (χ4v) is 3.08. The molecule has 2 fully saturated rings. The molecule has 2 amide bonds. The van der Waals surface area contributed by atoms with Crippen molar-refractivity contribution in [2.45, 2.75) is 51.5 Å². The Morgan fingerprint density at radius 3 is 2.95 bits per heavy atom. The second-order valence-electron chi connectivity index (χ2n) is 6.07. The van der Waals surface area contributed by atoms with Gasteiger partial charge in [0.25, 0.3) is 0 Å². The first-order valence-electron chi connectivity index (χ1n) is 7.95. The number of carbonyl (C=O) groups excluding carboxylic acids is 2. The first kappa shape index (κ1) is 15.3. The molecular weight excluding hydrogens is 254 g/mol. The van der Waals surface area contributed by atoms with Crippen LogP contribution in [0.25, 0.3) is 0 Å². The van der Waals surface area contributed by atoms with Crippen LogP contribution in [-0.4, -0.2) is 48.9 Å². The van der Waals surface area contributed by atoms with Gasteiger partial charge in [0, 0.05) is 32.1 Å². The minimum absolute atomic E-state index is 0.0402. The third kappa shape index (κ3) is 4.47. The average Bonchev–Trinajstić information content (AvgIpc) is 2.46. The molecule has 5 heteroatoms. The summed E-state index contributed by atoms with van der Waals surface area (Å²) >= 11 is 0. The van der Waals surface area contributed by atoms with Gasteiger partial charge in [-0.3, -0.25) is 9.59 Å². The Hall–Kier alpha value is -1.10.